The molecule has 0 spiro atoms. The van der Waals surface area contributed by atoms with Gasteiger partial charge in [0.1, 0.15) is 4.21 Å². The predicted octanol–water partition coefficient (Wildman–Crippen LogP) is 2.03. The number of sulfonamides is 1. The molecule has 0 aliphatic heterocycles. The van der Waals surface area contributed by atoms with Crippen molar-refractivity contribution in [3.63, 3.8) is 0 Å². The van der Waals surface area contributed by atoms with Crippen LogP contribution < -0.4 is 4.72 Å². The largest absolute Gasteiger partial charge is 0.480 e. The Kier molecular flexibility index (Phi) is 3.94. The molecule has 0 saturated carbocycles. The van der Waals surface area contributed by atoms with Crippen LogP contribution in [-0.2, 0) is 20.4 Å². The van der Waals surface area contributed by atoms with Gasteiger partial charge in [0.05, 0.1) is 0 Å². The van der Waals surface area contributed by atoms with Crippen LogP contribution in [0.3, 0.4) is 0 Å². The highest BCUT2D eigenvalue weighted by Crippen LogP contribution is 2.25. The summed E-state index contributed by atoms with van der Waals surface area (Å²) < 4.78 is 26.8. The molecule has 0 aliphatic rings. The van der Waals surface area contributed by atoms with Gasteiger partial charge in [0.25, 0.3) is 10.0 Å². The SMILES string of the molecule is CC(NS(=O)(=O)c1cccs1)(C(=O)O)c1ccccc1. The Balaban J connectivity index is 2.44. The molecular weight excluding hydrogens is 298 g/mol. The highest BCUT2D eigenvalue weighted by molar-refractivity contribution is 7.91. The van der Waals surface area contributed by atoms with E-state index in [9.17, 15) is 18.3 Å². The number of hydrogen-bond acceptors (Lipinski definition) is 4. The van der Waals surface area contributed by atoms with Gasteiger partial charge in [0.2, 0.25) is 0 Å². The third-order valence-corrected chi connectivity index (χ3v) is 5.83. The number of carbonyl (C=O) groups is 1. The van der Waals surface area contributed by atoms with Crippen molar-refractivity contribution in [3.05, 3.63) is 53.4 Å². The van der Waals surface area contributed by atoms with Crippen molar-refractivity contribution in [1.82, 2.24) is 4.72 Å². The first-order chi connectivity index (χ1) is 9.36. The minimum atomic E-state index is -3.88. The van der Waals surface area contributed by atoms with E-state index in [4.69, 9.17) is 0 Å². The van der Waals surface area contributed by atoms with Crippen molar-refractivity contribution < 1.29 is 18.3 Å². The van der Waals surface area contributed by atoms with Crippen LogP contribution in [0.15, 0.2) is 52.1 Å². The van der Waals surface area contributed by atoms with Crippen LogP contribution >= 0.6 is 11.3 Å². The lowest BCUT2D eigenvalue weighted by Gasteiger charge is -2.26. The van der Waals surface area contributed by atoms with Gasteiger partial charge in [-0.2, -0.15) is 4.72 Å². The molecule has 1 unspecified atom stereocenters. The summed E-state index contributed by atoms with van der Waals surface area (Å²) in [6.45, 7) is 1.33. The summed E-state index contributed by atoms with van der Waals surface area (Å²) in [6, 6.07) is 11.2. The second kappa shape index (κ2) is 5.35. The molecule has 0 bridgehead atoms. The maximum absolute atomic E-state index is 12.2. The molecule has 2 aromatic rings. The van der Waals surface area contributed by atoms with Crippen molar-refractivity contribution in [1.29, 1.82) is 0 Å². The lowest BCUT2D eigenvalue weighted by Crippen LogP contribution is -2.49. The summed E-state index contributed by atoms with van der Waals surface area (Å²) in [5.74, 6) is -1.26. The zero-order valence-electron chi connectivity index (χ0n) is 10.6. The number of rotatable bonds is 5. The first kappa shape index (κ1) is 14.7. The topological polar surface area (TPSA) is 83.5 Å². The molecule has 20 heavy (non-hydrogen) atoms. The molecule has 0 fully saturated rings. The fraction of sp³-hybridized carbons (Fsp3) is 0.154. The van der Waals surface area contributed by atoms with E-state index in [0.29, 0.717) is 5.56 Å². The zero-order valence-corrected chi connectivity index (χ0v) is 12.2. The molecule has 5 nitrogen and oxygen atoms in total. The van der Waals surface area contributed by atoms with Crippen LogP contribution in [0.25, 0.3) is 0 Å². The molecule has 0 aliphatic carbocycles. The fourth-order valence-electron chi connectivity index (χ4n) is 1.73. The van der Waals surface area contributed by atoms with Gasteiger partial charge in [0, 0.05) is 0 Å². The Morgan fingerprint density at radius 2 is 1.85 bits per heavy atom. The summed E-state index contributed by atoms with van der Waals surface area (Å²) in [7, 11) is -3.88. The highest BCUT2D eigenvalue weighted by Gasteiger charge is 2.39. The van der Waals surface area contributed by atoms with Crippen LogP contribution in [0, 0.1) is 0 Å². The Morgan fingerprint density at radius 1 is 1.20 bits per heavy atom. The second-order valence-corrected chi connectivity index (χ2v) is 7.19. The first-order valence-corrected chi connectivity index (χ1v) is 8.09. The van der Waals surface area contributed by atoms with Gasteiger partial charge in [-0.25, -0.2) is 13.2 Å². The van der Waals surface area contributed by atoms with Crippen LogP contribution in [0.1, 0.15) is 12.5 Å². The van der Waals surface area contributed by atoms with Gasteiger partial charge in [-0.3, -0.25) is 0 Å². The van der Waals surface area contributed by atoms with E-state index in [-0.39, 0.29) is 4.21 Å². The molecular formula is C13H13NO4S2. The molecule has 1 aromatic heterocycles. The molecule has 0 amide bonds. The second-order valence-electron chi connectivity index (χ2n) is 4.33. The van der Waals surface area contributed by atoms with Crippen LogP contribution in [0.2, 0.25) is 0 Å². The Bertz CT molecular complexity index is 695. The zero-order chi connectivity index (χ0) is 14.8. The Morgan fingerprint density at radius 3 is 2.35 bits per heavy atom. The summed E-state index contributed by atoms with van der Waals surface area (Å²) in [6.07, 6.45) is 0. The van der Waals surface area contributed by atoms with Gasteiger partial charge in [-0.15, -0.1) is 11.3 Å². The third-order valence-electron chi connectivity index (χ3n) is 2.88. The quantitative estimate of drug-likeness (QED) is 0.885. The predicted molar refractivity (Wildman–Crippen MR) is 76.1 cm³/mol. The number of benzene rings is 1. The number of carboxylic acids is 1. The summed E-state index contributed by atoms with van der Waals surface area (Å²) in [5, 5.41) is 11.0. The normalized spacial score (nSPS) is 14.7. The molecule has 2 N–H and O–H groups in total. The maximum atomic E-state index is 12.2. The standard InChI is InChI=1S/C13H13NO4S2/c1-13(12(15)16,10-6-3-2-4-7-10)14-20(17,18)11-8-5-9-19-11/h2-9,14H,1H3,(H,15,16). The molecule has 0 saturated heterocycles. The lowest BCUT2D eigenvalue weighted by molar-refractivity contribution is -0.143. The van der Waals surface area contributed by atoms with Crippen molar-refractivity contribution in [3.8, 4) is 0 Å². The first-order valence-electron chi connectivity index (χ1n) is 5.73. The van der Waals surface area contributed by atoms with E-state index in [2.05, 4.69) is 4.72 Å². The molecule has 0 radical (unpaired) electrons. The Hall–Kier alpha value is -1.70. The molecule has 1 aromatic carbocycles. The van der Waals surface area contributed by atoms with E-state index in [1.165, 1.54) is 13.0 Å². The lowest BCUT2D eigenvalue weighted by atomic mass is 9.94. The molecule has 106 valence electrons. The van der Waals surface area contributed by atoms with E-state index in [0.717, 1.165) is 11.3 Å². The fourth-order valence-corrected chi connectivity index (χ4v) is 4.08. The number of hydrogen-bond donors (Lipinski definition) is 2. The van der Waals surface area contributed by atoms with Gasteiger partial charge in [-0.05, 0) is 23.9 Å². The smallest absolute Gasteiger partial charge is 0.329 e. The average molecular weight is 311 g/mol. The summed E-state index contributed by atoms with van der Waals surface area (Å²) in [4.78, 5) is 11.5. The molecule has 2 rings (SSSR count). The average Bonchev–Trinajstić information content (AvgIpc) is 2.93. The monoisotopic (exact) mass is 311 g/mol. The molecule has 1 atom stereocenters. The summed E-state index contributed by atoms with van der Waals surface area (Å²) >= 11 is 1.03. The van der Waals surface area contributed by atoms with Crippen molar-refractivity contribution in [2.75, 3.05) is 0 Å². The van der Waals surface area contributed by atoms with Crippen LogP contribution in [0.5, 0.6) is 0 Å². The van der Waals surface area contributed by atoms with E-state index < -0.39 is 21.5 Å². The van der Waals surface area contributed by atoms with Crippen molar-refractivity contribution in [2.45, 2.75) is 16.7 Å². The van der Waals surface area contributed by atoms with Crippen molar-refractivity contribution >= 4 is 27.3 Å². The number of nitrogens with one attached hydrogen (secondary N) is 1. The van der Waals surface area contributed by atoms with Gasteiger partial charge >= 0.3 is 5.97 Å². The van der Waals surface area contributed by atoms with Gasteiger partial charge in [-0.1, -0.05) is 36.4 Å². The van der Waals surface area contributed by atoms with E-state index >= 15 is 0 Å². The number of thiophene rings is 1. The third kappa shape index (κ3) is 2.74. The van der Waals surface area contributed by atoms with E-state index in [1.54, 1.807) is 41.8 Å². The molecule has 7 heteroatoms. The number of aliphatic carboxylic acids is 1. The van der Waals surface area contributed by atoms with Gasteiger partial charge in [0.15, 0.2) is 5.54 Å². The Labute approximate surface area is 120 Å². The van der Waals surface area contributed by atoms with Gasteiger partial charge < -0.3 is 5.11 Å². The highest BCUT2D eigenvalue weighted by atomic mass is 32.2. The van der Waals surface area contributed by atoms with E-state index in [1.807, 2.05) is 0 Å². The molecule has 1 heterocycles. The maximum Gasteiger partial charge on any atom is 0.329 e. The summed E-state index contributed by atoms with van der Waals surface area (Å²) in [5.41, 5.74) is -1.35. The number of carboxylic acid groups (broad SMARTS) is 1. The minimum absolute atomic E-state index is 0.0842. The van der Waals surface area contributed by atoms with Crippen LogP contribution in [-0.4, -0.2) is 19.5 Å². The van der Waals surface area contributed by atoms with Crippen molar-refractivity contribution in [2.24, 2.45) is 0 Å². The minimum Gasteiger partial charge on any atom is -0.480 e. The van der Waals surface area contributed by atoms with Crippen LogP contribution in [0.4, 0.5) is 0 Å².